The quantitative estimate of drug-likeness (QED) is 0.374. The Bertz CT molecular complexity index is 1330. The van der Waals surface area contributed by atoms with Gasteiger partial charge in [0.25, 0.3) is 0 Å². The van der Waals surface area contributed by atoms with Crippen LogP contribution in [0.4, 0.5) is 0 Å². The number of aromatic hydroxyl groups is 2. The summed E-state index contributed by atoms with van der Waals surface area (Å²) < 4.78 is 5.86. The van der Waals surface area contributed by atoms with E-state index in [0.717, 1.165) is 39.4 Å². The number of benzene rings is 1. The highest BCUT2D eigenvalue weighted by atomic mass is 16.4. The molecule has 1 heterocycles. The van der Waals surface area contributed by atoms with Crippen LogP contribution in [-0.2, 0) is 6.61 Å². The molecule has 0 radical (unpaired) electrons. The Labute approximate surface area is 192 Å². The van der Waals surface area contributed by atoms with Gasteiger partial charge in [-0.3, -0.25) is 4.79 Å². The molecule has 2 aliphatic rings. The second kappa shape index (κ2) is 8.75. The number of hydrogen-bond donors (Lipinski definition) is 3. The van der Waals surface area contributed by atoms with Gasteiger partial charge in [0.1, 0.15) is 18.1 Å². The lowest BCUT2D eigenvalue weighted by Gasteiger charge is -2.20. The van der Waals surface area contributed by atoms with E-state index in [2.05, 4.69) is 45.0 Å². The molecule has 2 aliphatic carbocycles. The molecule has 5 heteroatoms. The SMILES string of the molecule is Cc1cc(C(c2ccc(O)cc2)c2oc(CO)cc(=O)c2O)c2c(C)cc(C(C)C)ccc1-2. The zero-order valence-electron chi connectivity index (χ0n) is 19.2. The third-order valence-electron chi connectivity index (χ3n) is 6.20. The summed E-state index contributed by atoms with van der Waals surface area (Å²) in [5, 5.41) is 30.2. The molecule has 4 rings (SSSR count). The van der Waals surface area contributed by atoms with E-state index in [4.69, 9.17) is 4.42 Å². The summed E-state index contributed by atoms with van der Waals surface area (Å²) in [5.74, 6) is -0.490. The van der Waals surface area contributed by atoms with Crippen LogP contribution in [0.1, 0.15) is 65.0 Å². The van der Waals surface area contributed by atoms with Crippen molar-refractivity contribution in [2.24, 2.45) is 0 Å². The number of phenolic OH excluding ortho intramolecular Hbond substituents is 1. The molecule has 1 aromatic carbocycles. The molecule has 0 saturated heterocycles. The largest absolute Gasteiger partial charge is 0.508 e. The van der Waals surface area contributed by atoms with Crippen LogP contribution < -0.4 is 5.43 Å². The van der Waals surface area contributed by atoms with E-state index >= 15 is 0 Å². The number of aliphatic hydroxyl groups is 1. The highest BCUT2D eigenvalue weighted by molar-refractivity contribution is 5.79. The van der Waals surface area contributed by atoms with Gasteiger partial charge in [0.15, 0.2) is 5.76 Å². The van der Waals surface area contributed by atoms with Crippen molar-refractivity contribution in [2.45, 2.75) is 46.1 Å². The fraction of sp³-hybridized carbons (Fsp3) is 0.250. The number of aliphatic hydroxyl groups excluding tert-OH is 1. The highest BCUT2D eigenvalue weighted by Crippen LogP contribution is 2.45. The Morgan fingerprint density at radius 1 is 0.879 bits per heavy atom. The van der Waals surface area contributed by atoms with Gasteiger partial charge < -0.3 is 19.7 Å². The van der Waals surface area contributed by atoms with Gasteiger partial charge in [-0.2, -0.15) is 0 Å². The zero-order valence-corrected chi connectivity index (χ0v) is 19.2. The van der Waals surface area contributed by atoms with E-state index in [0.29, 0.717) is 5.92 Å². The van der Waals surface area contributed by atoms with Crippen molar-refractivity contribution >= 4 is 0 Å². The summed E-state index contributed by atoms with van der Waals surface area (Å²) in [7, 11) is 0. The minimum absolute atomic E-state index is 0.0686. The van der Waals surface area contributed by atoms with Gasteiger partial charge >= 0.3 is 0 Å². The van der Waals surface area contributed by atoms with Crippen molar-refractivity contribution in [3.05, 3.63) is 104 Å². The lowest BCUT2D eigenvalue weighted by atomic mass is 9.86. The van der Waals surface area contributed by atoms with E-state index in [-0.39, 0.29) is 17.3 Å². The molecule has 0 aliphatic heterocycles. The molecule has 0 saturated carbocycles. The molecule has 33 heavy (non-hydrogen) atoms. The van der Waals surface area contributed by atoms with Gasteiger partial charge in [-0.05, 0) is 70.8 Å². The Morgan fingerprint density at radius 3 is 2.18 bits per heavy atom. The van der Waals surface area contributed by atoms with Gasteiger partial charge in [0.2, 0.25) is 11.2 Å². The topological polar surface area (TPSA) is 90.9 Å². The molecule has 1 aromatic heterocycles. The lowest BCUT2D eigenvalue weighted by Crippen LogP contribution is -2.11. The van der Waals surface area contributed by atoms with Crippen molar-refractivity contribution in [3.8, 4) is 22.6 Å². The van der Waals surface area contributed by atoms with Crippen molar-refractivity contribution in [1.82, 2.24) is 0 Å². The summed E-state index contributed by atoms with van der Waals surface area (Å²) in [4.78, 5) is 12.5. The van der Waals surface area contributed by atoms with E-state index in [1.54, 1.807) is 24.3 Å². The molecule has 0 spiro atoms. The average molecular weight is 445 g/mol. The van der Waals surface area contributed by atoms with Crippen LogP contribution in [0.5, 0.6) is 11.5 Å². The van der Waals surface area contributed by atoms with Crippen molar-refractivity contribution in [2.75, 3.05) is 0 Å². The van der Waals surface area contributed by atoms with Crippen LogP contribution in [0.25, 0.3) is 11.1 Å². The fourth-order valence-electron chi connectivity index (χ4n) is 4.49. The summed E-state index contributed by atoms with van der Waals surface area (Å²) in [6, 6.07) is 16.2. The standard InChI is InChI=1S/C28H28O5/c1-15(2)19-7-10-22-16(3)12-23(25(22)17(4)11-19)26(18-5-8-20(30)9-6-18)28-27(32)24(31)13-21(14-29)33-28/h5-13,15,26,29-30,32H,14H2,1-4H3. The number of rotatable bonds is 5. The van der Waals surface area contributed by atoms with Gasteiger partial charge in [0, 0.05) is 6.07 Å². The minimum Gasteiger partial charge on any atom is -0.508 e. The van der Waals surface area contributed by atoms with E-state index in [9.17, 15) is 20.1 Å². The molecule has 1 atom stereocenters. The zero-order chi connectivity index (χ0) is 23.9. The second-order valence-electron chi connectivity index (χ2n) is 8.86. The van der Waals surface area contributed by atoms with Crippen molar-refractivity contribution in [3.63, 3.8) is 0 Å². The number of phenols is 1. The Hall–Kier alpha value is -3.57. The maximum absolute atomic E-state index is 12.5. The van der Waals surface area contributed by atoms with Crippen LogP contribution >= 0.6 is 0 Å². The van der Waals surface area contributed by atoms with E-state index in [1.807, 2.05) is 6.92 Å². The Balaban J connectivity index is 2.08. The number of aryl methyl sites for hydroxylation is 2. The Kier molecular flexibility index (Phi) is 6.00. The van der Waals surface area contributed by atoms with Gasteiger partial charge in [-0.1, -0.05) is 50.2 Å². The summed E-state index contributed by atoms with van der Waals surface area (Å²) in [6.07, 6.45) is 0. The molecule has 0 bridgehead atoms. The molecule has 1 unspecified atom stereocenters. The van der Waals surface area contributed by atoms with E-state index in [1.165, 1.54) is 5.56 Å². The molecule has 3 N–H and O–H groups in total. The fourth-order valence-corrected chi connectivity index (χ4v) is 4.49. The smallest absolute Gasteiger partial charge is 0.227 e. The summed E-state index contributed by atoms with van der Waals surface area (Å²) in [6.45, 7) is 7.94. The van der Waals surface area contributed by atoms with Crippen LogP contribution in [-0.4, -0.2) is 15.3 Å². The van der Waals surface area contributed by atoms with Crippen LogP contribution in [0, 0.1) is 13.8 Å². The van der Waals surface area contributed by atoms with Gasteiger partial charge in [-0.25, -0.2) is 0 Å². The summed E-state index contributed by atoms with van der Waals surface area (Å²) >= 11 is 0. The number of fused-ring (bicyclic) bond motifs is 1. The first-order chi connectivity index (χ1) is 15.7. The third-order valence-corrected chi connectivity index (χ3v) is 6.20. The predicted molar refractivity (Wildman–Crippen MR) is 128 cm³/mol. The van der Waals surface area contributed by atoms with E-state index < -0.39 is 23.7 Å². The maximum atomic E-state index is 12.5. The van der Waals surface area contributed by atoms with Crippen molar-refractivity contribution < 1.29 is 19.7 Å². The van der Waals surface area contributed by atoms with Crippen LogP contribution in [0.2, 0.25) is 0 Å². The second-order valence-corrected chi connectivity index (χ2v) is 8.86. The third kappa shape index (κ3) is 4.12. The Morgan fingerprint density at radius 2 is 1.55 bits per heavy atom. The first kappa shape index (κ1) is 22.6. The predicted octanol–water partition coefficient (Wildman–Crippen LogP) is 5.57. The molecule has 0 fully saturated rings. The van der Waals surface area contributed by atoms with Gasteiger partial charge in [0.05, 0.1) is 5.92 Å². The first-order valence-electron chi connectivity index (χ1n) is 11.0. The molecule has 5 nitrogen and oxygen atoms in total. The van der Waals surface area contributed by atoms with Crippen LogP contribution in [0.3, 0.4) is 0 Å². The molecule has 2 aromatic rings. The highest BCUT2D eigenvalue weighted by Gasteiger charge is 2.30. The maximum Gasteiger partial charge on any atom is 0.227 e. The van der Waals surface area contributed by atoms with Gasteiger partial charge in [-0.15, -0.1) is 0 Å². The minimum atomic E-state index is -0.621. The number of hydrogen-bond acceptors (Lipinski definition) is 5. The molecular weight excluding hydrogens is 416 g/mol. The van der Waals surface area contributed by atoms with Crippen molar-refractivity contribution in [1.29, 1.82) is 0 Å². The molecular formula is C28H28O5. The first-order valence-corrected chi connectivity index (χ1v) is 11.0. The monoisotopic (exact) mass is 444 g/mol. The normalized spacial score (nSPS) is 12.4. The molecule has 170 valence electrons. The molecule has 0 amide bonds. The summed E-state index contributed by atoms with van der Waals surface area (Å²) in [5.41, 5.74) is 6.47. The van der Waals surface area contributed by atoms with Crippen LogP contribution in [0.15, 0.2) is 63.8 Å². The average Bonchev–Trinajstić information content (AvgIpc) is 2.99. The lowest BCUT2D eigenvalue weighted by molar-refractivity contribution is 0.235.